The molecule has 0 saturated heterocycles. The molecule has 5 nitrogen and oxygen atoms in total. The van der Waals surface area contributed by atoms with Gasteiger partial charge in [-0.1, -0.05) is 24.3 Å². The molecule has 1 aromatic heterocycles. The number of nitrogens with zero attached hydrogens (tertiary/aromatic N) is 4. The van der Waals surface area contributed by atoms with Crippen LogP contribution in [0, 0.1) is 5.92 Å². The first-order valence-corrected chi connectivity index (χ1v) is 9.60. The third kappa shape index (κ3) is 3.54. The molecule has 0 radical (unpaired) electrons. The topological polar surface area (TPSA) is 41.4 Å². The van der Waals surface area contributed by atoms with Gasteiger partial charge >= 0.3 is 0 Å². The van der Waals surface area contributed by atoms with E-state index in [2.05, 4.69) is 57.7 Å². The fourth-order valence-electron chi connectivity index (χ4n) is 4.38. The highest BCUT2D eigenvalue weighted by molar-refractivity contribution is 5.76. The number of amides is 1. The van der Waals surface area contributed by atoms with Crippen molar-refractivity contribution in [3.05, 3.63) is 53.6 Å². The molecule has 0 bridgehead atoms. The van der Waals surface area contributed by atoms with Gasteiger partial charge in [0.15, 0.2) is 0 Å². The molecule has 0 saturated carbocycles. The standard InChI is InChI=1S/C21H28N4O/c1-23(2)8-7-19-13-24(14-20-12-22-15-25(19)20)21(26)11-16-9-17-5-3-4-6-18(17)10-16/h3-6,12,15-16,19H,7-11,13-14H2,1-2H3/t19-/m1/s1. The van der Waals surface area contributed by atoms with Crippen molar-refractivity contribution in [3.63, 3.8) is 0 Å². The van der Waals surface area contributed by atoms with E-state index >= 15 is 0 Å². The van der Waals surface area contributed by atoms with Crippen molar-refractivity contribution in [1.29, 1.82) is 0 Å². The van der Waals surface area contributed by atoms with Gasteiger partial charge in [-0.05, 0) is 56.9 Å². The van der Waals surface area contributed by atoms with E-state index in [0.29, 0.717) is 30.8 Å². The first-order valence-electron chi connectivity index (χ1n) is 9.60. The largest absolute Gasteiger partial charge is 0.335 e. The molecule has 26 heavy (non-hydrogen) atoms. The van der Waals surface area contributed by atoms with E-state index in [1.165, 1.54) is 11.1 Å². The van der Waals surface area contributed by atoms with Crippen molar-refractivity contribution in [3.8, 4) is 0 Å². The smallest absolute Gasteiger partial charge is 0.223 e. The zero-order valence-corrected chi connectivity index (χ0v) is 15.8. The van der Waals surface area contributed by atoms with Crippen LogP contribution in [0.25, 0.3) is 0 Å². The van der Waals surface area contributed by atoms with Crippen LogP contribution in [0.2, 0.25) is 0 Å². The molecular formula is C21H28N4O. The molecule has 0 spiro atoms. The van der Waals surface area contributed by atoms with E-state index in [1.54, 1.807) is 0 Å². The number of rotatable bonds is 5. The third-order valence-electron chi connectivity index (χ3n) is 5.78. The molecular weight excluding hydrogens is 324 g/mol. The van der Waals surface area contributed by atoms with Gasteiger partial charge in [-0.2, -0.15) is 0 Å². The first-order chi connectivity index (χ1) is 12.6. The highest BCUT2D eigenvalue weighted by Gasteiger charge is 2.30. The molecule has 0 unspecified atom stereocenters. The van der Waals surface area contributed by atoms with Crippen molar-refractivity contribution < 1.29 is 4.79 Å². The molecule has 1 aromatic carbocycles. The van der Waals surface area contributed by atoms with Gasteiger partial charge in [-0.15, -0.1) is 0 Å². The quantitative estimate of drug-likeness (QED) is 0.830. The highest BCUT2D eigenvalue weighted by atomic mass is 16.2. The molecule has 5 heteroatoms. The zero-order valence-electron chi connectivity index (χ0n) is 15.8. The Bertz CT molecular complexity index is 757. The molecule has 2 aliphatic rings. The Labute approximate surface area is 155 Å². The van der Waals surface area contributed by atoms with Gasteiger partial charge in [0.2, 0.25) is 5.91 Å². The van der Waals surface area contributed by atoms with Crippen LogP contribution >= 0.6 is 0 Å². The van der Waals surface area contributed by atoms with Crippen LogP contribution in [-0.2, 0) is 24.2 Å². The van der Waals surface area contributed by atoms with Gasteiger partial charge in [0.25, 0.3) is 0 Å². The third-order valence-corrected chi connectivity index (χ3v) is 5.78. The summed E-state index contributed by atoms with van der Waals surface area (Å²) in [7, 11) is 4.19. The van der Waals surface area contributed by atoms with E-state index in [1.807, 2.05) is 12.5 Å². The average molecular weight is 352 g/mol. The van der Waals surface area contributed by atoms with Crippen molar-refractivity contribution in [2.45, 2.75) is 38.3 Å². The molecule has 138 valence electrons. The van der Waals surface area contributed by atoms with Crippen LogP contribution in [0.15, 0.2) is 36.8 Å². The number of imidazole rings is 1. The van der Waals surface area contributed by atoms with E-state index < -0.39 is 0 Å². The summed E-state index contributed by atoms with van der Waals surface area (Å²) < 4.78 is 2.26. The molecule has 1 atom stereocenters. The number of carbonyl (C=O) groups is 1. The summed E-state index contributed by atoms with van der Waals surface area (Å²) in [5, 5.41) is 0. The minimum absolute atomic E-state index is 0.296. The summed E-state index contributed by atoms with van der Waals surface area (Å²) in [6, 6.07) is 8.94. The number of aromatic nitrogens is 2. The summed E-state index contributed by atoms with van der Waals surface area (Å²) in [5.74, 6) is 0.747. The second kappa shape index (κ2) is 7.23. The normalized spacial score (nSPS) is 19.7. The molecule has 0 fully saturated rings. The molecule has 1 amide bonds. The van der Waals surface area contributed by atoms with Crippen molar-refractivity contribution >= 4 is 5.91 Å². The van der Waals surface area contributed by atoms with E-state index in [4.69, 9.17) is 0 Å². The summed E-state index contributed by atoms with van der Waals surface area (Å²) in [5.41, 5.74) is 4.00. The van der Waals surface area contributed by atoms with Crippen LogP contribution in [0.4, 0.5) is 0 Å². The lowest BCUT2D eigenvalue weighted by atomic mass is 10.0. The molecule has 2 aromatic rings. The Balaban J connectivity index is 1.41. The van der Waals surface area contributed by atoms with Gasteiger partial charge in [-0.3, -0.25) is 4.79 Å². The summed E-state index contributed by atoms with van der Waals surface area (Å²) in [6.45, 7) is 2.51. The number of fused-ring (bicyclic) bond motifs is 2. The zero-order chi connectivity index (χ0) is 18.1. The van der Waals surface area contributed by atoms with Crippen LogP contribution < -0.4 is 0 Å². The number of benzene rings is 1. The highest BCUT2D eigenvalue weighted by Crippen LogP contribution is 2.30. The lowest BCUT2D eigenvalue weighted by molar-refractivity contribution is -0.134. The predicted molar refractivity (Wildman–Crippen MR) is 102 cm³/mol. The SMILES string of the molecule is CN(C)CC[C@@H]1CN(C(=O)CC2Cc3ccccc3C2)Cc2cncn21. The minimum atomic E-state index is 0.296. The fourth-order valence-corrected chi connectivity index (χ4v) is 4.38. The maximum absolute atomic E-state index is 13.0. The maximum atomic E-state index is 13.0. The number of hydrogen-bond donors (Lipinski definition) is 0. The van der Waals surface area contributed by atoms with Crippen LogP contribution in [0.5, 0.6) is 0 Å². The predicted octanol–water partition coefficient (Wildman–Crippen LogP) is 2.52. The van der Waals surface area contributed by atoms with Gasteiger partial charge in [0, 0.05) is 19.2 Å². The van der Waals surface area contributed by atoms with Crippen molar-refractivity contribution in [1.82, 2.24) is 19.4 Å². The Morgan fingerprint density at radius 1 is 1.23 bits per heavy atom. The van der Waals surface area contributed by atoms with Crippen LogP contribution in [0.3, 0.4) is 0 Å². The van der Waals surface area contributed by atoms with Crippen LogP contribution in [-0.4, -0.2) is 52.4 Å². The fraction of sp³-hybridized carbons (Fsp3) is 0.524. The maximum Gasteiger partial charge on any atom is 0.223 e. The Morgan fingerprint density at radius 2 is 1.96 bits per heavy atom. The molecule has 0 N–H and O–H groups in total. The summed E-state index contributed by atoms with van der Waals surface area (Å²) in [4.78, 5) is 21.6. The lowest BCUT2D eigenvalue weighted by Gasteiger charge is -2.35. The Morgan fingerprint density at radius 3 is 2.65 bits per heavy atom. The van der Waals surface area contributed by atoms with E-state index in [0.717, 1.165) is 38.0 Å². The molecule has 1 aliphatic carbocycles. The number of hydrogen-bond acceptors (Lipinski definition) is 3. The van der Waals surface area contributed by atoms with Crippen molar-refractivity contribution in [2.24, 2.45) is 5.92 Å². The molecule has 1 aliphatic heterocycles. The monoisotopic (exact) mass is 352 g/mol. The Hall–Kier alpha value is -2.14. The second-order valence-corrected chi connectivity index (χ2v) is 8.06. The minimum Gasteiger partial charge on any atom is -0.335 e. The van der Waals surface area contributed by atoms with Gasteiger partial charge < -0.3 is 14.4 Å². The average Bonchev–Trinajstić information content (AvgIpc) is 3.25. The molecule has 2 heterocycles. The van der Waals surface area contributed by atoms with E-state index in [9.17, 15) is 4.79 Å². The summed E-state index contributed by atoms with van der Waals surface area (Å²) >= 11 is 0. The van der Waals surface area contributed by atoms with Crippen LogP contribution in [0.1, 0.15) is 35.7 Å². The molecule has 4 rings (SSSR count). The van der Waals surface area contributed by atoms with Crippen molar-refractivity contribution in [2.75, 3.05) is 27.2 Å². The first kappa shape index (κ1) is 17.3. The van der Waals surface area contributed by atoms with Gasteiger partial charge in [-0.25, -0.2) is 4.98 Å². The van der Waals surface area contributed by atoms with E-state index in [-0.39, 0.29) is 0 Å². The summed E-state index contributed by atoms with van der Waals surface area (Å²) in [6.07, 6.45) is 7.60. The van der Waals surface area contributed by atoms with Gasteiger partial charge in [0.05, 0.1) is 24.6 Å². The van der Waals surface area contributed by atoms with Gasteiger partial charge in [0.1, 0.15) is 0 Å². The second-order valence-electron chi connectivity index (χ2n) is 8.06. The Kier molecular flexibility index (Phi) is 4.81. The number of carbonyl (C=O) groups excluding carboxylic acids is 1. The lowest BCUT2D eigenvalue weighted by Crippen LogP contribution is -2.42.